The third-order valence-electron chi connectivity index (χ3n) is 2.90. The van der Waals surface area contributed by atoms with Gasteiger partial charge in [-0.05, 0) is 54.2 Å². The van der Waals surface area contributed by atoms with Crippen LogP contribution in [0.4, 0.5) is 0 Å². The van der Waals surface area contributed by atoms with E-state index in [1.54, 1.807) is 14.2 Å². The molecule has 0 unspecified atom stereocenters. The summed E-state index contributed by atoms with van der Waals surface area (Å²) in [4.78, 5) is 0. The molecule has 0 spiro atoms. The first-order valence-electron chi connectivity index (χ1n) is 6.57. The molecule has 0 saturated carbocycles. The molecule has 4 nitrogen and oxygen atoms in total. The van der Waals surface area contributed by atoms with Crippen LogP contribution >= 0.6 is 12.2 Å². The summed E-state index contributed by atoms with van der Waals surface area (Å²) < 4.78 is 10.9. The molecule has 0 fully saturated rings. The molecular weight excluding hydrogens is 284 g/mol. The molecule has 0 aromatic heterocycles. The number of benzene rings is 2. The van der Waals surface area contributed by atoms with Crippen LogP contribution in [0.25, 0.3) is 0 Å². The molecule has 0 saturated heterocycles. The molecule has 2 rings (SSSR count). The summed E-state index contributed by atoms with van der Waals surface area (Å²) in [5.74, 6) is 2.38. The smallest absolute Gasteiger partial charge is 0.166 e. The van der Waals surface area contributed by atoms with Gasteiger partial charge in [-0.25, -0.2) is 0 Å². The Morgan fingerprint density at radius 3 is 2.00 bits per heavy atom. The molecule has 0 aliphatic carbocycles. The third kappa shape index (κ3) is 4.65. The maximum atomic E-state index is 5.77. The van der Waals surface area contributed by atoms with Crippen molar-refractivity contribution in [3.8, 4) is 17.2 Å². The Morgan fingerprint density at radius 1 is 0.952 bits per heavy atom. The van der Waals surface area contributed by atoms with Crippen molar-refractivity contribution >= 4 is 17.3 Å². The molecule has 5 heteroatoms. The van der Waals surface area contributed by atoms with Crippen molar-refractivity contribution in [2.75, 3.05) is 14.2 Å². The molecule has 2 aromatic carbocycles. The van der Waals surface area contributed by atoms with Crippen LogP contribution in [0.1, 0.15) is 5.56 Å². The van der Waals surface area contributed by atoms with Crippen molar-refractivity contribution in [2.24, 2.45) is 0 Å². The van der Waals surface area contributed by atoms with Crippen molar-refractivity contribution < 1.29 is 9.47 Å². The van der Waals surface area contributed by atoms with Crippen LogP contribution in [0.15, 0.2) is 48.5 Å². The first-order chi connectivity index (χ1) is 10.2. The fraction of sp³-hybridized carbons (Fsp3) is 0.188. The second kappa shape index (κ2) is 7.50. The molecule has 2 N–H and O–H groups in total. The SMILES string of the molecule is CNC(=S)NCc1ccc(Oc2ccc(OC)cc2)cc1. The van der Waals surface area contributed by atoms with Crippen LogP contribution < -0.4 is 20.1 Å². The minimum Gasteiger partial charge on any atom is -0.497 e. The summed E-state index contributed by atoms with van der Waals surface area (Å²) in [6, 6.07) is 15.4. The van der Waals surface area contributed by atoms with E-state index in [9.17, 15) is 0 Å². The molecule has 0 heterocycles. The topological polar surface area (TPSA) is 42.5 Å². The van der Waals surface area contributed by atoms with E-state index in [0.717, 1.165) is 22.8 Å². The molecule has 0 aliphatic rings. The van der Waals surface area contributed by atoms with Gasteiger partial charge in [0, 0.05) is 13.6 Å². The summed E-state index contributed by atoms with van der Waals surface area (Å²) in [7, 11) is 3.43. The fourth-order valence-corrected chi connectivity index (χ4v) is 1.80. The van der Waals surface area contributed by atoms with Crippen LogP contribution in [-0.4, -0.2) is 19.3 Å². The van der Waals surface area contributed by atoms with Crippen LogP contribution in [0.2, 0.25) is 0 Å². The molecule has 0 aliphatic heterocycles. The molecule has 110 valence electrons. The second-order valence-electron chi connectivity index (χ2n) is 4.35. The lowest BCUT2D eigenvalue weighted by atomic mass is 10.2. The number of ether oxygens (including phenoxy) is 2. The van der Waals surface area contributed by atoms with Gasteiger partial charge in [-0.15, -0.1) is 0 Å². The van der Waals surface area contributed by atoms with Gasteiger partial charge in [-0.3, -0.25) is 0 Å². The first-order valence-corrected chi connectivity index (χ1v) is 6.98. The summed E-state index contributed by atoms with van der Waals surface area (Å²) >= 11 is 5.03. The lowest BCUT2D eigenvalue weighted by Gasteiger charge is -2.09. The average Bonchev–Trinajstić information content (AvgIpc) is 2.54. The number of rotatable bonds is 5. The lowest BCUT2D eigenvalue weighted by molar-refractivity contribution is 0.413. The summed E-state index contributed by atoms with van der Waals surface area (Å²) in [6.45, 7) is 0.683. The van der Waals surface area contributed by atoms with Crippen molar-refractivity contribution in [3.63, 3.8) is 0 Å². The quantitative estimate of drug-likeness (QED) is 0.831. The number of methoxy groups -OCH3 is 1. The summed E-state index contributed by atoms with van der Waals surface area (Å²) in [5.41, 5.74) is 1.13. The Kier molecular flexibility index (Phi) is 5.40. The second-order valence-corrected chi connectivity index (χ2v) is 4.76. The largest absolute Gasteiger partial charge is 0.497 e. The number of hydrogen-bond acceptors (Lipinski definition) is 3. The van der Waals surface area contributed by atoms with Gasteiger partial charge in [0.25, 0.3) is 0 Å². The van der Waals surface area contributed by atoms with Crippen molar-refractivity contribution in [1.82, 2.24) is 10.6 Å². The van der Waals surface area contributed by atoms with E-state index in [2.05, 4.69) is 10.6 Å². The van der Waals surface area contributed by atoms with Gasteiger partial charge in [0.15, 0.2) is 5.11 Å². The Balaban J connectivity index is 1.93. The Hall–Kier alpha value is -2.27. The standard InChI is InChI=1S/C16H18N2O2S/c1-17-16(21)18-11-12-3-5-14(6-4-12)20-15-9-7-13(19-2)8-10-15/h3-10H,11H2,1-2H3,(H2,17,18,21). The van der Waals surface area contributed by atoms with Crippen molar-refractivity contribution in [3.05, 3.63) is 54.1 Å². The number of hydrogen-bond donors (Lipinski definition) is 2. The van der Waals surface area contributed by atoms with Gasteiger partial charge in [0.1, 0.15) is 17.2 Å². The van der Waals surface area contributed by atoms with Gasteiger partial charge in [-0.2, -0.15) is 0 Å². The Bertz CT molecular complexity index is 582. The van der Waals surface area contributed by atoms with Gasteiger partial charge in [-0.1, -0.05) is 12.1 Å². The molecule has 0 amide bonds. The highest BCUT2D eigenvalue weighted by molar-refractivity contribution is 7.80. The zero-order valence-electron chi connectivity index (χ0n) is 12.1. The van der Waals surface area contributed by atoms with E-state index in [-0.39, 0.29) is 0 Å². The third-order valence-corrected chi connectivity index (χ3v) is 3.25. The van der Waals surface area contributed by atoms with E-state index in [1.807, 2.05) is 48.5 Å². The van der Waals surface area contributed by atoms with Gasteiger partial charge in [0.2, 0.25) is 0 Å². The van der Waals surface area contributed by atoms with Crippen LogP contribution in [0.5, 0.6) is 17.2 Å². The highest BCUT2D eigenvalue weighted by Crippen LogP contribution is 2.23. The molecular formula is C16H18N2O2S. The maximum Gasteiger partial charge on any atom is 0.166 e. The molecule has 0 radical (unpaired) electrons. The first kappa shape index (κ1) is 15.1. The monoisotopic (exact) mass is 302 g/mol. The lowest BCUT2D eigenvalue weighted by Crippen LogP contribution is -2.31. The fourth-order valence-electron chi connectivity index (χ4n) is 1.73. The minimum atomic E-state index is 0.633. The molecule has 21 heavy (non-hydrogen) atoms. The number of thiocarbonyl (C=S) groups is 1. The number of nitrogens with one attached hydrogen (secondary N) is 2. The Morgan fingerprint density at radius 2 is 1.48 bits per heavy atom. The molecule has 0 atom stereocenters. The van der Waals surface area contributed by atoms with Gasteiger partial charge in [0.05, 0.1) is 7.11 Å². The summed E-state index contributed by atoms with van der Waals surface area (Å²) in [6.07, 6.45) is 0. The van der Waals surface area contributed by atoms with E-state index in [0.29, 0.717) is 11.7 Å². The van der Waals surface area contributed by atoms with E-state index >= 15 is 0 Å². The van der Waals surface area contributed by atoms with E-state index in [4.69, 9.17) is 21.7 Å². The highest BCUT2D eigenvalue weighted by Gasteiger charge is 1.99. The van der Waals surface area contributed by atoms with Crippen LogP contribution in [0.3, 0.4) is 0 Å². The molecule has 2 aromatic rings. The van der Waals surface area contributed by atoms with E-state index < -0.39 is 0 Å². The normalized spacial score (nSPS) is 9.81. The Labute approximate surface area is 130 Å². The predicted molar refractivity (Wildman–Crippen MR) is 88.0 cm³/mol. The highest BCUT2D eigenvalue weighted by atomic mass is 32.1. The zero-order chi connectivity index (χ0) is 15.1. The average molecular weight is 302 g/mol. The van der Waals surface area contributed by atoms with Gasteiger partial charge >= 0.3 is 0 Å². The van der Waals surface area contributed by atoms with Gasteiger partial charge < -0.3 is 20.1 Å². The van der Waals surface area contributed by atoms with Crippen molar-refractivity contribution in [1.29, 1.82) is 0 Å². The summed E-state index contributed by atoms with van der Waals surface area (Å²) in [5, 5.41) is 6.60. The van der Waals surface area contributed by atoms with E-state index in [1.165, 1.54) is 0 Å². The zero-order valence-corrected chi connectivity index (χ0v) is 12.9. The maximum absolute atomic E-state index is 5.77. The predicted octanol–water partition coefficient (Wildman–Crippen LogP) is 3.08. The van der Waals surface area contributed by atoms with Crippen LogP contribution in [0, 0.1) is 0 Å². The van der Waals surface area contributed by atoms with Crippen molar-refractivity contribution in [2.45, 2.75) is 6.54 Å². The molecule has 0 bridgehead atoms. The van der Waals surface area contributed by atoms with Crippen LogP contribution in [-0.2, 0) is 6.54 Å². The minimum absolute atomic E-state index is 0.633.